The molecular weight excluding hydrogens is 218 g/mol. The van der Waals surface area contributed by atoms with Gasteiger partial charge in [0.15, 0.2) is 0 Å². The monoisotopic (exact) mass is 222 g/mol. The summed E-state index contributed by atoms with van der Waals surface area (Å²) >= 11 is 5.47. The summed E-state index contributed by atoms with van der Waals surface area (Å²) in [5, 5.41) is 10.2. The Labute approximate surface area is 82.7 Å². The van der Waals surface area contributed by atoms with Crippen LogP contribution in [0.3, 0.4) is 0 Å². The van der Waals surface area contributed by atoms with Crippen LogP contribution in [0.5, 0.6) is 0 Å². The number of halogens is 3. The molecule has 0 aliphatic rings. The van der Waals surface area contributed by atoms with E-state index in [1.54, 1.807) is 0 Å². The van der Waals surface area contributed by atoms with Gasteiger partial charge in [0.25, 0.3) is 12.1 Å². The number of aromatic nitrogens is 1. The van der Waals surface area contributed by atoms with Gasteiger partial charge in [-0.25, -0.2) is 13.8 Å². The van der Waals surface area contributed by atoms with Gasteiger partial charge in [0, 0.05) is 5.56 Å². The van der Waals surface area contributed by atoms with Gasteiger partial charge in [-0.1, -0.05) is 11.6 Å². The lowest BCUT2D eigenvalue weighted by molar-refractivity contribution is -0.386. The number of hydrogen-bond donors (Lipinski definition) is 0. The van der Waals surface area contributed by atoms with E-state index in [1.807, 2.05) is 0 Å². The van der Waals surface area contributed by atoms with Crippen LogP contribution < -0.4 is 0 Å². The lowest BCUT2D eigenvalue weighted by Gasteiger charge is -2.05. The molecule has 76 valence electrons. The molecule has 4 nitrogen and oxygen atoms in total. The average molecular weight is 223 g/mol. The highest BCUT2D eigenvalue weighted by Gasteiger charge is 2.25. The van der Waals surface area contributed by atoms with Crippen LogP contribution in [0.1, 0.15) is 17.6 Å². The maximum Gasteiger partial charge on any atom is 0.296 e. The summed E-state index contributed by atoms with van der Waals surface area (Å²) in [6.07, 6.45) is -2.20. The van der Waals surface area contributed by atoms with E-state index in [4.69, 9.17) is 11.6 Å². The lowest BCUT2D eigenvalue weighted by Crippen LogP contribution is -2.00. The topological polar surface area (TPSA) is 56.0 Å². The molecule has 0 fully saturated rings. The summed E-state index contributed by atoms with van der Waals surface area (Å²) in [6, 6.07) is 0. The van der Waals surface area contributed by atoms with Crippen LogP contribution in [-0.2, 0) is 0 Å². The first kappa shape index (κ1) is 10.8. The Hall–Kier alpha value is -1.30. The van der Waals surface area contributed by atoms with Gasteiger partial charge in [0.1, 0.15) is 16.9 Å². The van der Waals surface area contributed by atoms with Crippen LogP contribution in [0.25, 0.3) is 0 Å². The van der Waals surface area contributed by atoms with Gasteiger partial charge in [0.05, 0.1) is 4.92 Å². The smallest absolute Gasteiger partial charge is 0.258 e. The maximum atomic E-state index is 12.4. The highest BCUT2D eigenvalue weighted by atomic mass is 35.5. The molecule has 14 heavy (non-hydrogen) atoms. The fraction of sp³-hybridized carbons (Fsp3) is 0.286. The first-order chi connectivity index (χ1) is 6.45. The van der Waals surface area contributed by atoms with E-state index in [1.165, 1.54) is 6.92 Å². The van der Waals surface area contributed by atoms with Gasteiger partial charge in [-0.3, -0.25) is 10.1 Å². The summed E-state index contributed by atoms with van der Waals surface area (Å²) in [4.78, 5) is 12.9. The van der Waals surface area contributed by atoms with Crippen molar-refractivity contribution in [3.63, 3.8) is 0 Å². The van der Waals surface area contributed by atoms with Gasteiger partial charge in [-0.2, -0.15) is 0 Å². The molecule has 0 radical (unpaired) electrons. The Morgan fingerprint density at radius 2 is 2.21 bits per heavy atom. The second-order valence-electron chi connectivity index (χ2n) is 2.53. The number of alkyl halides is 2. The third kappa shape index (κ3) is 1.79. The van der Waals surface area contributed by atoms with Crippen LogP contribution >= 0.6 is 11.6 Å². The van der Waals surface area contributed by atoms with Crippen LogP contribution in [0.2, 0.25) is 5.15 Å². The van der Waals surface area contributed by atoms with Crippen molar-refractivity contribution in [1.29, 1.82) is 0 Å². The molecule has 0 spiro atoms. The summed E-state index contributed by atoms with van der Waals surface area (Å²) in [5.41, 5.74) is -1.44. The maximum absolute atomic E-state index is 12.4. The largest absolute Gasteiger partial charge is 0.296 e. The molecular formula is C7H5ClF2N2O2. The van der Waals surface area contributed by atoms with Gasteiger partial charge in [-0.05, 0) is 6.92 Å². The minimum Gasteiger partial charge on any atom is -0.258 e. The molecule has 0 bridgehead atoms. The highest BCUT2D eigenvalue weighted by molar-refractivity contribution is 6.30. The molecule has 0 aromatic carbocycles. The molecule has 0 atom stereocenters. The Kier molecular flexibility index (Phi) is 2.95. The first-order valence-corrected chi connectivity index (χ1v) is 3.90. The fourth-order valence-corrected chi connectivity index (χ4v) is 1.16. The lowest BCUT2D eigenvalue weighted by atomic mass is 10.1. The summed E-state index contributed by atoms with van der Waals surface area (Å²) < 4.78 is 24.9. The van der Waals surface area contributed by atoms with E-state index in [-0.39, 0.29) is 10.7 Å². The van der Waals surface area contributed by atoms with Crippen LogP contribution in [0, 0.1) is 17.0 Å². The molecule has 1 rings (SSSR count). The molecule has 0 amide bonds. The normalized spacial score (nSPS) is 10.6. The SMILES string of the molecule is Cc1c(Cl)ncc([N+](=O)[O-])c1C(F)F. The van der Waals surface area contributed by atoms with E-state index >= 15 is 0 Å². The van der Waals surface area contributed by atoms with Crippen molar-refractivity contribution in [3.05, 3.63) is 32.6 Å². The number of hydrogen-bond acceptors (Lipinski definition) is 3. The fourth-order valence-electron chi connectivity index (χ4n) is 1.01. The number of nitro groups is 1. The zero-order valence-corrected chi connectivity index (χ0v) is 7.76. The third-order valence-corrected chi connectivity index (χ3v) is 2.09. The van der Waals surface area contributed by atoms with Crippen LogP contribution in [-0.4, -0.2) is 9.91 Å². The highest BCUT2D eigenvalue weighted by Crippen LogP contribution is 2.33. The Morgan fingerprint density at radius 3 is 2.64 bits per heavy atom. The van der Waals surface area contributed by atoms with Crippen molar-refractivity contribution >= 4 is 17.3 Å². The average Bonchev–Trinajstić information content (AvgIpc) is 2.08. The molecule has 0 saturated carbocycles. The summed E-state index contributed by atoms with van der Waals surface area (Å²) in [7, 11) is 0. The van der Waals surface area contributed by atoms with Crippen molar-refractivity contribution in [2.24, 2.45) is 0 Å². The van der Waals surface area contributed by atoms with Crippen molar-refractivity contribution < 1.29 is 13.7 Å². The molecule has 1 aromatic heterocycles. The third-order valence-electron chi connectivity index (χ3n) is 1.70. The molecule has 0 saturated heterocycles. The predicted octanol–water partition coefficient (Wildman–Crippen LogP) is 2.89. The predicted molar refractivity (Wildman–Crippen MR) is 45.6 cm³/mol. The van der Waals surface area contributed by atoms with Crippen molar-refractivity contribution in [2.75, 3.05) is 0 Å². The molecule has 0 unspecified atom stereocenters. The first-order valence-electron chi connectivity index (χ1n) is 3.52. The Balaban J connectivity index is 3.45. The standard InChI is InChI=1S/C7H5ClF2N2O2/c1-3-5(7(9)10)4(12(13)14)2-11-6(3)8/h2,7H,1H3. The molecule has 0 N–H and O–H groups in total. The van der Waals surface area contributed by atoms with E-state index in [0.717, 1.165) is 6.20 Å². The van der Waals surface area contributed by atoms with Gasteiger partial charge >= 0.3 is 0 Å². The molecule has 0 aliphatic heterocycles. The molecule has 1 heterocycles. The van der Waals surface area contributed by atoms with Crippen molar-refractivity contribution in [3.8, 4) is 0 Å². The van der Waals surface area contributed by atoms with Crippen LogP contribution in [0.4, 0.5) is 14.5 Å². The van der Waals surface area contributed by atoms with E-state index in [2.05, 4.69) is 4.98 Å². The minimum absolute atomic E-state index is 0.0594. The number of rotatable bonds is 2. The van der Waals surface area contributed by atoms with Crippen molar-refractivity contribution in [2.45, 2.75) is 13.3 Å². The quantitative estimate of drug-likeness (QED) is 0.439. The van der Waals surface area contributed by atoms with Gasteiger partial charge < -0.3 is 0 Å². The zero-order valence-electron chi connectivity index (χ0n) is 7.00. The van der Waals surface area contributed by atoms with E-state index < -0.39 is 22.6 Å². The minimum atomic E-state index is -2.93. The van der Waals surface area contributed by atoms with Crippen LogP contribution in [0.15, 0.2) is 6.20 Å². The second kappa shape index (κ2) is 3.83. The van der Waals surface area contributed by atoms with Gasteiger partial charge in [-0.15, -0.1) is 0 Å². The number of pyridine rings is 1. The number of nitrogens with zero attached hydrogens (tertiary/aromatic N) is 2. The summed E-state index contributed by atoms with van der Waals surface area (Å²) in [6.45, 7) is 1.27. The van der Waals surface area contributed by atoms with Crippen molar-refractivity contribution in [1.82, 2.24) is 4.98 Å². The van der Waals surface area contributed by atoms with E-state index in [9.17, 15) is 18.9 Å². The zero-order chi connectivity index (χ0) is 10.9. The Morgan fingerprint density at radius 1 is 1.64 bits per heavy atom. The molecule has 0 aliphatic carbocycles. The molecule has 7 heteroatoms. The second-order valence-corrected chi connectivity index (χ2v) is 2.89. The van der Waals surface area contributed by atoms with E-state index in [0.29, 0.717) is 0 Å². The Bertz CT molecular complexity index is 384. The molecule has 1 aromatic rings. The van der Waals surface area contributed by atoms with Gasteiger partial charge in [0.2, 0.25) is 0 Å². The summed E-state index contributed by atoms with van der Waals surface area (Å²) in [5.74, 6) is 0.